The second kappa shape index (κ2) is 11.1. The number of hydrogen-bond donors (Lipinski definition) is 0. The Labute approximate surface area is 139 Å². The zero-order valence-electron chi connectivity index (χ0n) is 16.1. The number of hydrogen-bond acceptors (Lipinski definition) is 2. The number of ether oxygens (including phenoxy) is 1. The Hall–Kier alpha value is -0.530. The minimum atomic E-state index is -0.00884. The number of esters is 1. The van der Waals surface area contributed by atoms with Crippen LogP contribution in [0.15, 0.2) is 0 Å². The van der Waals surface area contributed by atoms with Gasteiger partial charge in [0.05, 0.1) is 6.61 Å². The molecule has 0 saturated heterocycles. The van der Waals surface area contributed by atoms with Crippen molar-refractivity contribution in [2.24, 2.45) is 10.8 Å². The molecule has 0 fully saturated rings. The molecule has 0 aliphatic rings. The van der Waals surface area contributed by atoms with Crippen LogP contribution in [0.3, 0.4) is 0 Å². The largest absolute Gasteiger partial charge is 0.466 e. The molecule has 0 spiro atoms. The van der Waals surface area contributed by atoms with Crippen LogP contribution >= 0.6 is 0 Å². The normalized spacial score (nSPS) is 12.5. The van der Waals surface area contributed by atoms with Crippen molar-refractivity contribution in [3.8, 4) is 0 Å². The van der Waals surface area contributed by atoms with Crippen LogP contribution in [0.5, 0.6) is 0 Å². The lowest BCUT2D eigenvalue weighted by molar-refractivity contribution is -0.143. The Morgan fingerprint density at radius 1 is 0.682 bits per heavy atom. The van der Waals surface area contributed by atoms with Crippen LogP contribution < -0.4 is 0 Å². The minimum absolute atomic E-state index is 0.00884. The zero-order valence-corrected chi connectivity index (χ0v) is 16.1. The van der Waals surface area contributed by atoms with Gasteiger partial charge in [0.1, 0.15) is 0 Å². The van der Waals surface area contributed by atoms with E-state index in [-0.39, 0.29) is 5.97 Å². The van der Waals surface area contributed by atoms with Gasteiger partial charge in [0, 0.05) is 6.42 Å². The topological polar surface area (TPSA) is 26.3 Å². The highest BCUT2D eigenvalue weighted by molar-refractivity contribution is 5.69. The third-order valence-corrected chi connectivity index (χ3v) is 3.89. The van der Waals surface area contributed by atoms with E-state index in [1.807, 2.05) is 0 Å². The maximum absolute atomic E-state index is 11.6. The number of carbonyl (C=O) groups excluding carboxylic acids is 1. The highest BCUT2D eigenvalue weighted by atomic mass is 16.5. The van der Waals surface area contributed by atoms with Crippen LogP contribution in [0, 0.1) is 10.8 Å². The van der Waals surface area contributed by atoms with Crippen LogP contribution in [0.25, 0.3) is 0 Å². The van der Waals surface area contributed by atoms with E-state index in [4.69, 9.17) is 4.74 Å². The Kier molecular flexibility index (Phi) is 10.8. The van der Waals surface area contributed by atoms with Crippen LogP contribution in [-0.4, -0.2) is 12.6 Å². The first kappa shape index (κ1) is 21.5. The van der Waals surface area contributed by atoms with Gasteiger partial charge in [0.25, 0.3) is 0 Å². The molecule has 0 unspecified atom stereocenters. The fourth-order valence-electron chi connectivity index (χ4n) is 2.47. The van der Waals surface area contributed by atoms with Crippen molar-refractivity contribution in [2.75, 3.05) is 6.61 Å². The number of unbranched alkanes of at least 4 members (excludes halogenated alkanes) is 5. The van der Waals surface area contributed by atoms with E-state index in [1.165, 1.54) is 38.5 Å². The second-order valence-electron chi connectivity index (χ2n) is 9.07. The molecule has 0 amide bonds. The van der Waals surface area contributed by atoms with E-state index in [9.17, 15) is 4.79 Å². The van der Waals surface area contributed by atoms with E-state index >= 15 is 0 Å². The van der Waals surface area contributed by atoms with Crippen molar-refractivity contribution in [1.29, 1.82) is 0 Å². The Morgan fingerprint density at radius 3 is 1.64 bits per heavy atom. The fraction of sp³-hybridized carbons (Fsp3) is 0.950. The SMILES string of the molecule is CC(C)(C)CCCCCCOC(=O)CCCCCC(C)(C)C. The van der Waals surface area contributed by atoms with Crippen LogP contribution in [0.2, 0.25) is 0 Å². The summed E-state index contributed by atoms with van der Waals surface area (Å²) in [5.74, 6) is -0.00884. The van der Waals surface area contributed by atoms with E-state index in [2.05, 4.69) is 41.5 Å². The molecule has 132 valence electrons. The molecule has 0 atom stereocenters. The minimum Gasteiger partial charge on any atom is -0.466 e. The maximum atomic E-state index is 11.6. The standard InChI is InChI=1S/C20H40O2/c1-19(2,3)15-11-7-8-13-17-22-18(21)14-10-9-12-16-20(4,5)6/h7-17H2,1-6H3. The first-order valence-corrected chi connectivity index (χ1v) is 9.26. The smallest absolute Gasteiger partial charge is 0.305 e. The van der Waals surface area contributed by atoms with Gasteiger partial charge in [-0.25, -0.2) is 0 Å². The van der Waals surface area contributed by atoms with E-state index < -0.39 is 0 Å². The van der Waals surface area contributed by atoms with Crippen molar-refractivity contribution in [3.63, 3.8) is 0 Å². The summed E-state index contributed by atoms with van der Waals surface area (Å²) in [5.41, 5.74) is 0.854. The van der Waals surface area contributed by atoms with E-state index in [0.29, 0.717) is 23.9 Å². The molecule has 0 aliphatic carbocycles. The van der Waals surface area contributed by atoms with Gasteiger partial charge in [-0.1, -0.05) is 73.6 Å². The van der Waals surface area contributed by atoms with E-state index in [0.717, 1.165) is 19.3 Å². The van der Waals surface area contributed by atoms with Crippen LogP contribution in [0.4, 0.5) is 0 Å². The van der Waals surface area contributed by atoms with Crippen molar-refractivity contribution in [3.05, 3.63) is 0 Å². The third kappa shape index (κ3) is 17.5. The molecule has 22 heavy (non-hydrogen) atoms. The van der Waals surface area contributed by atoms with Crippen LogP contribution in [-0.2, 0) is 9.53 Å². The molecule has 0 rings (SSSR count). The van der Waals surface area contributed by atoms with Gasteiger partial charge in [-0.3, -0.25) is 4.79 Å². The number of rotatable bonds is 11. The second-order valence-corrected chi connectivity index (χ2v) is 9.07. The molecular formula is C20H40O2. The molecule has 0 heterocycles. The molecule has 0 aromatic carbocycles. The zero-order chi connectivity index (χ0) is 17.1. The molecule has 0 N–H and O–H groups in total. The van der Waals surface area contributed by atoms with Gasteiger partial charge in [-0.2, -0.15) is 0 Å². The summed E-state index contributed by atoms with van der Waals surface area (Å²) in [6.07, 6.45) is 11.2. The molecule has 0 aliphatic heterocycles. The van der Waals surface area contributed by atoms with Crippen molar-refractivity contribution in [1.82, 2.24) is 0 Å². The van der Waals surface area contributed by atoms with Crippen molar-refractivity contribution >= 4 is 5.97 Å². The first-order chi connectivity index (χ1) is 10.1. The lowest BCUT2D eigenvalue weighted by atomic mass is 9.89. The van der Waals surface area contributed by atoms with Gasteiger partial charge in [-0.15, -0.1) is 0 Å². The highest BCUT2D eigenvalue weighted by Gasteiger charge is 2.10. The molecule has 0 saturated carbocycles. The van der Waals surface area contributed by atoms with Gasteiger partial charge in [0.2, 0.25) is 0 Å². The Bertz CT molecular complexity index is 281. The molecule has 2 nitrogen and oxygen atoms in total. The molecular weight excluding hydrogens is 272 g/mol. The highest BCUT2D eigenvalue weighted by Crippen LogP contribution is 2.23. The van der Waals surface area contributed by atoms with Gasteiger partial charge < -0.3 is 4.74 Å². The predicted molar refractivity (Wildman–Crippen MR) is 96.0 cm³/mol. The molecule has 0 aromatic heterocycles. The summed E-state index contributed by atoms with van der Waals surface area (Å²) in [7, 11) is 0. The third-order valence-electron chi connectivity index (χ3n) is 3.89. The Morgan fingerprint density at radius 2 is 1.14 bits per heavy atom. The average molecular weight is 313 g/mol. The average Bonchev–Trinajstić information content (AvgIpc) is 2.34. The first-order valence-electron chi connectivity index (χ1n) is 9.26. The van der Waals surface area contributed by atoms with Crippen molar-refractivity contribution in [2.45, 2.75) is 106 Å². The van der Waals surface area contributed by atoms with Gasteiger partial charge >= 0.3 is 5.97 Å². The fourth-order valence-corrected chi connectivity index (χ4v) is 2.47. The molecule has 0 aromatic rings. The molecule has 0 bridgehead atoms. The lowest BCUT2D eigenvalue weighted by Gasteiger charge is -2.17. The lowest BCUT2D eigenvalue weighted by Crippen LogP contribution is -2.07. The maximum Gasteiger partial charge on any atom is 0.305 e. The van der Waals surface area contributed by atoms with Crippen molar-refractivity contribution < 1.29 is 9.53 Å². The summed E-state index contributed by atoms with van der Waals surface area (Å²) in [6.45, 7) is 14.3. The summed E-state index contributed by atoms with van der Waals surface area (Å²) in [5, 5.41) is 0. The van der Waals surface area contributed by atoms with E-state index in [1.54, 1.807) is 0 Å². The Balaban J connectivity index is 3.33. The summed E-state index contributed by atoms with van der Waals surface area (Å²) in [6, 6.07) is 0. The molecule has 0 radical (unpaired) electrons. The quantitative estimate of drug-likeness (QED) is 0.320. The molecule has 2 heteroatoms. The van der Waals surface area contributed by atoms with Gasteiger partial charge in [0.15, 0.2) is 0 Å². The summed E-state index contributed by atoms with van der Waals surface area (Å²) < 4.78 is 5.30. The van der Waals surface area contributed by atoms with Gasteiger partial charge in [-0.05, 0) is 36.5 Å². The predicted octanol–water partition coefficient (Wildman–Crippen LogP) is 6.52. The monoisotopic (exact) mass is 312 g/mol. The van der Waals surface area contributed by atoms with Crippen LogP contribution in [0.1, 0.15) is 106 Å². The number of carbonyl (C=O) groups is 1. The summed E-state index contributed by atoms with van der Waals surface area (Å²) >= 11 is 0. The summed E-state index contributed by atoms with van der Waals surface area (Å²) in [4.78, 5) is 11.6.